The van der Waals surface area contributed by atoms with Crippen molar-refractivity contribution in [2.45, 2.75) is 44.8 Å². The molecule has 2 heterocycles. The van der Waals surface area contributed by atoms with Crippen molar-refractivity contribution in [1.29, 1.82) is 0 Å². The summed E-state index contributed by atoms with van der Waals surface area (Å²) in [5.74, 6) is 0.221. The molecule has 2 fully saturated rings. The van der Waals surface area contributed by atoms with Crippen LogP contribution < -0.4 is 10.2 Å². The first kappa shape index (κ1) is 17.4. The van der Waals surface area contributed by atoms with E-state index >= 15 is 0 Å². The largest absolute Gasteiger partial charge is 0.390 e. The van der Waals surface area contributed by atoms with E-state index in [-0.39, 0.29) is 18.1 Å². The van der Waals surface area contributed by atoms with Gasteiger partial charge in [0.15, 0.2) is 0 Å². The van der Waals surface area contributed by atoms with Gasteiger partial charge in [0.2, 0.25) is 5.91 Å². The van der Waals surface area contributed by atoms with E-state index in [1.165, 1.54) is 18.4 Å². The fourth-order valence-electron chi connectivity index (χ4n) is 3.62. The molecule has 0 saturated carbocycles. The van der Waals surface area contributed by atoms with Crippen LogP contribution in [0.2, 0.25) is 0 Å². The van der Waals surface area contributed by atoms with Crippen molar-refractivity contribution < 1.29 is 9.90 Å². The lowest BCUT2D eigenvalue weighted by Crippen LogP contribution is -2.37. The molecule has 0 aromatic heterocycles. The molecule has 1 aromatic carbocycles. The maximum atomic E-state index is 11.8. The number of rotatable bonds is 7. The average Bonchev–Trinajstić information content (AvgIpc) is 3.24. The lowest BCUT2D eigenvalue weighted by atomic mass is 10.1. The summed E-state index contributed by atoms with van der Waals surface area (Å²) in [6.45, 7) is 6.53. The first-order valence-corrected chi connectivity index (χ1v) is 9.17. The van der Waals surface area contributed by atoms with Gasteiger partial charge in [0.05, 0.1) is 6.10 Å². The molecule has 2 N–H and O–H groups in total. The number of anilines is 1. The number of carbonyl (C=O) groups excluding carboxylic acids is 1. The van der Waals surface area contributed by atoms with Crippen LogP contribution in [-0.4, -0.2) is 54.7 Å². The number of carbonyl (C=O) groups is 1. The van der Waals surface area contributed by atoms with Crippen LogP contribution in [0.25, 0.3) is 0 Å². The molecule has 2 unspecified atom stereocenters. The Morgan fingerprint density at radius 3 is 2.46 bits per heavy atom. The number of amides is 1. The molecule has 2 saturated heterocycles. The van der Waals surface area contributed by atoms with Crippen LogP contribution in [0.4, 0.5) is 5.69 Å². The second-order valence-electron chi connectivity index (χ2n) is 7.03. The van der Waals surface area contributed by atoms with Gasteiger partial charge in [-0.25, -0.2) is 0 Å². The molecule has 2 aliphatic heterocycles. The zero-order valence-electron chi connectivity index (χ0n) is 14.6. The predicted octanol–water partition coefficient (Wildman–Crippen LogP) is 1.92. The Hall–Kier alpha value is -1.43. The number of likely N-dealkylation sites (tertiary alicyclic amines) is 1. The van der Waals surface area contributed by atoms with Gasteiger partial charge in [-0.1, -0.05) is 12.1 Å². The molecule has 2 aliphatic rings. The van der Waals surface area contributed by atoms with Gasteiger partial charge in [-0.15, -0.1) is 0 Å². The Kier molecular flexibility index (Phi) is 5.87. The molecule has 0 spiro atoms. The molecule has 5 heteroatoms. The van der Waals surface area contributed by atoms with Crippen molar-refractivity contribution in [3.05, 3.63) is 29.8 Å². The minimum atomic E-state index is -0.327. The van der Waals surface area contributed by atoms with Gasteiger partial charge < -0.3 is 20.2 Å². The molecule has 1 aromatic rings. The van der Waals surface area contributed by atoms with Gasteiger partial charge in [-0.05, 0) is 57.0 Å². The zero-order valence-corrected chi connectivity index (χ0v) is 14.6. The summed E-state index contributed by atoms with van der Waals surface area (Å²) in [4.78, 5) is 16.0. The van der Waals surface area contributed by atoms with Crippen LogP contribution in [0, 0.1) is 0 Å². The number of β-amino-alcohol motifs (C(OH)–C–C–N with tert-alkyl or cyclic N) is 1. The quantitative estimate of drug-likeness (QED) is 0.801. The number of nitrogens with one attached hydrogen (secondary N) is 1. The van der Waals surface area contributed by atoms with Crippen LogP contribution in [0.15, 0.2) is 24.3 Å². The lowest BCUT2D eigenvalue weighted by molar-refractivity contribution is -0.117. The number of benzene rings is 1. The molecule has 3 rings (SSSR count). The van der Waals surface area contributed by atoms with E-state index in [2.05, 4.69) is 29.3 Å². The Labute approximate surface area is 144 Å². The first-order chi connectivity index (χ1) is 11.6. The molecule has 1 amide bonds. The fraction of sp³-hybridized carbons (Fsp3) is 0.632. The Morgan fingerprint density at radius 1 is 1.12 bits per heavy atom. The van der Waals surface area contributed by atoms with Crippen molar-refractivity contribution in [3.8, 4) is 0 Å². The van der Waals surface area contributed by atoms with Gasteiger partial charge in [0.25, 0.3) is 0 Å². The van der Waals surface area contributed by atoms with Crippen LogP contribution in [0.1, 0.15) is 44.2 Å². The predicted molar refractivity (Wildman–Crippen MR) is 96.1 cm³/mol. The third kappa shape index (κ3) is 4.35. The van der Waals surface area contributed by atoms with E-state index in [0.29, 0.717) is 13.0 Å². The van der Waals surface area contributed by atoms with Crippen LogP contribution in [-0.2, 0) is 4.79 Å². The van der Waals surface area contributed by atoms with Gasteiger partial charge in [0, 0.05) is 37.8 Å². The number of hydrogen-bond donors (Lipinski definition) is 2. The number of aliphatic hydroxyl groups excluding tert-OH is 1. The van der Waals surface area contributed by atoms with Gasteiger partial charge in [-0.3, -0.25) is 4.79 Å². The minimum Gasteiger partial charge on any atom is -0.390 e. The third-order valence-electron chi connectivity index (χ3n) is 5.11. The Bertz CT molecular complexity index is 540. The van der Waals surface area contributed by atoms with Crippen molar-refractivity contribution in [2.24, 2.45) is 0 Å². The standard InChI is InChI=1S/C19H29N3O2/c1-15(20-13-18(23)14-21-10-2-3-11-21)16-6-8-17(9-7-16)22-12-4-5-19(22)24/h6-9,15,18,20,23H,2-5,10-14H2,1H3. The Morgan fingerprint density at radius 2 is 1.83 bits per heavy atom. The lowest BCUT2D eigenvalue weighted by Gasteiger charge is -2.22. The summed E-state index contributed by atoms with van der Waals surface area (Å²) >= 11 is 0. The summed E-state index contributed by atoms with van der Waals surface area (Å²) in [5.41, 5.74) is 2.17. The summed E-state index contributed by atoms with van der Waals surface area (Å²) in [7, 11) is 0. The zero-order chi connectivity index (χ0) is 16.9. The number of nitrogens with zero attached hydrogens (tertiary/aromatic N) is 2. The van der Waals surface area contributed by atoms with Gasteiger partial charge >= 0.3 is 0 Å². The van der Waals surface area contributed by atoms with Gasteiger partial charge in [-0.2, -0.15) is 0 Å². The van der Waals surface area contributed by atoms with E-state index in [9.17, 15) is 9.90 Å². The van der Waals surface area contributed by atoms with Crippen molar-refractivity contribution >= 4 is 11.6 Å². The second kappa shape index (κ2) is 8.10. The van der Waals surface area contributed by atoms with E-state index in [0.717, 1.165) is 38.3 Å². The number of aliphatic hydroxyl groups is 1. The van der Waals surface area contributed by atoms with Crippen molar-refractivity contribution in [1.82, 2.24) is 10.2 Å². The molecule has 0 bridgehead atoms. The van der Waals surface area contributed by atoms with Crippen molar-refractivity contribution in [2.75, 3.05) is 37.6 Å². The first-order valence-electron chi connectivity index (χ1n) is 9.17. The highest BCUT2D eigenvalue weighted by molar-refractivity contribution is 5.95. The van der Waals surface area contributed by atoms with Crippen LogP contribution >= 0.6 is 0 Å². The highest BCUT2D eigenvalue weighted by Gasteiger charge is 2.21. The van der Waals surface area contributed by atoms with Gasteiger partial charge in [0.1, 0.15) is 0 Å². The highest BCUT2D eigenvalue weighted by Crippen LogP contribution is 2.23. The van der Waals surface area contributed by atoms with E-state index in [1.807, 2.05) is 17.0 Å². The third-order valence-corrected chi connectivity index (χ3v) is 5.11. The monoisotopic (exact) mass is 331 g/mol. The van der Waals surface area contributed by atoms with Crippen LogP contribution in [0.5, 0.6) is 0 Å². The fourth-order valence-corrected chi connectivity index (χ4v) is 3.62. The highest BCUT2D eigenvalue weighted by atomic mass is 16.3. The smallest absolute Gasteiger partial charge is 0.227 e. The summed E-state index contributed by atoms with van der Waals surface area (Å²) in [5, 5.41) is 13.6. The molecule has 24 heavy (non-hydrogen) atoms. The summed E-state index contributed by atoms with van der Waals surface area (Å²) in [6, 6.07) is 8.38. The topological polar surface area (TPSA) is 55.8 Å². The molecular weight excluding hydrogens is 302 g/mol. The maximum absolute atomic E-state index is 11.8. The molecule has 0 aliphatic carbocycles. The minimum absolute atomic E-state index is 0.182. The molecule has 5 nitrogen and oxygen atoms in total. The summed E-state index contributed by atoms with van der Waals surface area (Å²) in [6.07, 6.45) is 3.79. The SMILES string of the molecule is CC(NCC(O)CN1CCCC1)c1ccc(N2CCCC2=O)cc1. The van der Waals surface area contributed by atoms with E-state index < -0.39 is 0 Å². The normalized spacial score (nSPS) is 21.4. The van der Waals surface area contributed by atoms with Crippen LogP contribution in [0.3, 0.4) is 0 Å². The van der Waals surface area contributed by atoms with Crippen molar-refractivity contribution in [3.63, 3.8) is 0 Å². The second-order valence-corrected chi connectivity index (χ2v) is 7.03. The maximum Gasteiger partial charge on any atom is 0.227 e. The Balaban J connectivity index is 1.47. The molecule has 2 atom stereocenters. The average molecular weight is 331 g/mol. The molecular formula is C19H29N3O2. The number of hydrogen-bond acceptors (Lipinski definition) is 4. The molecule has 132 valence electrons. The van der Waals surface area contributed by atoms with E-state index in [1.54, 1.807) is 0 Å². The summed E-state index contributed by atoms with van der Waals surface area (Å²) < 4.78 is 0. The molecule has 0 radical (unpaired) electrons. The van der Waals surface area contributed by atoms with E-state index in [4.69, 9.17) is 0 Å².